The van der Waals surface area contributed by atoms with Gasteiger partial charge in [-0.05, 0) is 32.0 Å². The Morgan fingerprint density at radius 3 is 2.81 bits per heavy atom. The SMILES string of the molecule is Cc1cc(NC(=O)Cn2nccc2C)c2ccccc2n1. The smallest absolute Gasteiger partial charge is 0.246 e. The number of hydrogen-bond acceptors (Lipinski definition) is 3. The summed E-state index contributed by atoms with van der Waals surface area (Å²) in [6.07, 6.45) is 1.69. The Kier molecular flexibility index (Phi) is 3.39. The summed E-state index contributed by atoms with van der Waals surface area (Å²) in [5, 5.41) is 8.01. The Balaban J connectivity index is 1.88. The Morgan fingerprint density at radius 1 is 1.24 bits per heavy atom. The van der Waals surface area contributed by atoms with E-state index >= 15 is 0 Å². The van der Waals surface area contributed by atoms with Gasteiger partial charge in [0.2, 0.25) is 5.91 Å². The first-order valence-electron chi connectivity index (χ1n) is 6.78. The van der Waals surface area contributed by atoms with Gasteiger partial charge >= 0.3 is 0 Å². The number of para-hydroxylation sites is 1. The first kappa shape index (κ1) is 13.3. The van der Waals surface area contributed by atoms with Crippen molar-refractivity contribution >= 4 is 22.5 Å². The number of fused-ring (bicyclic) bond motifs is 1. The fourth-order valence-electron chi connectivity index (χ4n) is 2.30. The van der Waals surface area contributed by atoms with Crippen LogP contribution in [0.25, 0.3) is 10.9 Å². The number of rotatable bonds is 3. The first-order valence-corrected chi connectivity index (χ1v) is 6.78. The number of nitrogens with one attached hydrogen (secondary N) is 1. The van der Waals surface area contributed by atoms with Crippen LogP contribution < -0.4 is 5.32 Å². The third-order valence-corrected chi connectivity index (χ3v) is 3.34. The highest BCUT2D eigenvalue weighted by Gasteiger charge is 2.09. The lowest BCUT2D eigenvalue weighted by atomic mass is 10.1. The Morgan fingerprint density at radius 2 is 2.05 bits per heavy atom. The summed E-state index contributed by atoms with van der Waals surface area (Å²) in [6.45, 7) is 4.04. The molecule has 0 saturated heterocycles. The van der Waals surface area contributed by atoms with Crippen LogP contribution in [-0.2, 0) is 11.3 Å². The van der Waals surface area contributed by atoms with Crippen LogP contribution in [0.1, 0.15) is 11.4 Å². The van der Waals surface area contributed by atoms with Crippen molar-refractivity contribution in [3.8, 4) is 0 Å². The average Bonchev–Trinajstić information content (AvgIpc) is 2.84. The van der Waals surface area contributed by atoms with Crippen LogP contribution >= 0.6 is 0 Å². The molecular formula is C16H16N4O. The van der Waals surface area contributed by atoms with Gasteiger partial charge in [0, 0.05) is 23.0 Å². The monoisotopic (exact) mass is 280 g/mol. The summed E-state index contributed by atoms with van der Waals surface area (Å²) in [7, 11) is 0. The second-order valence-electron chi connectivity index (χ2n) is 5.01. The van der Waals surface area contributed by atoms with E-state index < -0.39 is 0 Å². The Bertz CT molecular complexity index is 807. The van der Waals surface area contributed by atoms with Gasteiger partial charge in [0.25, 0.3) is 0 Å². The fraction of sp³-hybridized carbons (Fsp3) is 0.188. The molecule has 0 aliphatic rings. The maximum absolute atomic E-state index is 12.2. The van der Waals surface area contributed by atoms with Crippen molar-refractivity contribution in [2.45, 2.75) is 20.4 Å². The molecule has 0 saturated carbocycles. The van der Waals surface area contributed by atoms with Crippen LogP contribution in [0.4, 0.5) is 5.69 Å². The number of benzene rings is 1. The second kappa shape index (κ2) is 5.36. The van der Waals surface area contributed by atoms with Gasteiger partial charge in [-0.3, -0.25) is 14.5 Å². The largest absolute Gasteiger partial charge is 0.324 e. The van der Waals surface area contributed by atoms with Crippen LogP contribution in [0, 0.1) is 13.8 Å². The molecule has 2 heterocycles. The van der Waals surface area contributed by atoms with Crippen molar-refractivity contribution in [2.75, 3.05) is 5.32 Å². The summed E-state index contributed by atoms with van der Waals surface area (Å²) in [6, 6.07) is 11.5. The zero-order valence-corrected chi connectivity index (χ0v) is 12.0. The van der Waals surface area contributed by atoms with E-state index in [1.165, 1.54) is 0 Å². The Labute approximate surface area is 122 Å². The number of nitrogens with zero attached hydrogens (tertiary/aromatic N) is 3. The molecule has 0 aliphatic carbocycles. The molecule has 0 fully saturated rings. The molecule has 0 atom stereocenters. The van der Waals surface area contributed by atoms with E-state index in [0.29, 0.717) is 0 Å². The molecule has 0 aliphatic heterocycles. The summed E-state index contributed by atoms with van der Waals surface area (Å²) in [5.74, 6) is -0.0995. The molecule has 0 radical (unpaired) electrons. The minimum atomic E-state index is -0.0995. The summed E-state index contributed by atoms with van der Waals surface area (Å²) in [4.78, 5) is 16.7. The maximum Gasteiger partial charge on any atom is 0.246 e. The quantitative estimate of drug-likeness (QED) is 0.802. The van der Waals surface area contributed by atoms with E-state index in [9.17, 15) is 4.79 Å². The minimum Gasteiger partial charge on any atom is -0.324 e. The van der Waals surface area contributed by atoms with E-state index in [4.69, 9.17) is 0 Å². The van der Waals surface area contributed by atoms with Crippen molar-refractivity contribution < 1.29 is 4.79 Å². The van der Waals surface area contributed by atoms with Crippen LogP contribution in [0.15, 0.2) is 42.6 Å². The zero-order chi connectivity index (χ0) is 14.8. The van der Waals surface area contributed by atoms with E-state index in [1.807, 2.05) is 50.2 Å². The highest BCUT2D eigenvalue weighted by Crippen LogP contribution is 2.22. The normalized spacial score (nSPS) is 10.8. The predicted molar refractivity (Wildman–Crippen MR) is 82.1 cm³/mol. The zero-order valence-electron chi connectivity index (χ0n) is 12.0. The van der Waals surface area contributed by atoms with Crippen LogP contribution in [0.3, 0.4) is 0 Å². The molecule has 2 aromatic heterocycles. The molecule has 0 unspecified atom stereocenters. The standard InChI is InChI=1S/C16H16N4O/c1-11-9-15(13-5-3-4-6-14(13)18-11)19-16(21)10-20-12(2)7-8-17-20/h3-9H,10H2,1-2H3,(H,18,19,21). The van der Waals surface area contributed by atoms with Gasteiger partial charge in [0.05, 0.1) is 11.2 Å². The second-order valence-corrected chi connectivity index (χ2v) is 5.01. The van der Waals surface area contributed by atoms with Crippen LogP contribution in [0.5, 0.6) is 0 Å². The number of aryl methyl sites for hydroxylation is 2. The molecule has 0 spiro atoms. The predicted octanol–water partition coefficient (Wildman–Crippen LogP) is 2.69. The van der Waals surface area contributed by atoms with E-state index in [2.05, 4.69) is 15.4 Å². The highest BCUT2D eigenvalue weighted by atomic mass is 16.2. The molecule has 5 heteroatoms. The number of amides is 1. The number of anilines is 1. The molecule has 0 bridgehead atoms. The molecule has 5 nitrogen and oxygen atoms in total. The number of pyridine rings is 1. The van der Waals surface area contributed by atoms with Gasteiger partial charge in [-0.25, -0.2) is 0 Å². The first-order chi connectivity index (χ1) is 10.1. The van der Waals surface area contributed by atoms with Gasteiger partial charge in [-0.2, -0.15) is 5.10 Å². The van der Waals surface area contributed by atoms with Crippen molar-refractivity contribution in [2.24, 2.45) is 0 Å². The van der Waals surface area contributed by atoms with Crippen LogP contribution in [-0.4, -0.2) is 20.7 Å². The van der Waals surface area contributed by atoms with E-state index in [1.54, 1.807) is 10.9 Å². The molecule has 1 amide bonds. The molecular weight excluding hydrogens is 264 g/mol. The Hall–Kier alpha value is -2.69. The van der Waals surface area contributed by atoms with Crippen LogP contribution in [0.2, 0.25) is 0 Å². The third-order valence-electron chi connectivity index (χ3n) is 3.34. The molecule has 1 N–H and O–H groups in total. The average molecular weight is 280 g/mol. The maximum atomic E-state index is 12.2. The van der Waals surface area contributed by atoms with Gasteiger partial charge in [0.15, 0.2) is 0 Å². The minimum absolute atomic E-state index is 0.0995. The number of hydrogen-bond donors (Lipinski definition) is 1. The summed E-state index contributed by atoms with van der Waals surface area (Å²) in [5.41, 5.74) is 3.50. The van der Waals surface area contributed by atoms with Crippen molar-refractivity contribution in [3.05, 3.63) is 54.0 Å². The highest BCUT2D eigenvalue weighted by molar-refractivity contribution is 6.00. The topological polar surface area (TPSA) is 59.8 Å². The summed E-state index contributed by atoms with van der Waals surface area (Å²) >= 11 is 0. The number of carbonyl (C=O) groups excluding carboxylic acids is 1. The van der Waals surface area contributed by atoms with Crippen molar-refractivity contribution in [1.29, 1.82) is 0 Å². The van der Waals surface area contributed by atoms with Gasteiger partial charge < -0.3 is 5.32 Å². The summed E-state index contributed by atoms with van der Waals surface area (Å²) < 4.78 is 1.67. The van der Waals surface area contributed by atoms with Crippen molar-refractivity contribution in [1.82, 2.24) is 14.8 Å². The van der Waals surface area contributed by atoms with Gasteiger partial charge in [-0.15, -0.1) is 0 Å². The van der Waals surface area contributed by atoms with Crippen molar-refractivity contribution in [3.63, 3.8) is 0 Å². The molecule has 3 aromatic rings. The number of carbonyl (C=O) groups is 1. The van der Waals surface area contributed by atoms with Gasteiger partial charge in [0.1, 0.15) is 6.54 Å². The van der Waals surface area contributed by atoms with E-state index in [0.717, 1.165) is 28.0 Å². The van der Waals surface area contributed by atoms with Gasteiger partial charge in [-0.1, -0.05) is 18.2 Å². The third kappa shape index (κ3) is 2.76. The van der Waals surface area contributed by atoms with E-state index in [-0.39, 0.29) is 12.5 Å². The lowest BCUT2D eigenvalue weighted by Crippen LogP contribution is -2.20. The number of aromatic nitrogens is 3. The molecule has 21 heavy (non-hydrogen) atoms. The lowest BCUT2D eigenvalue weighted by Gasteiger charge is -2.10. The fourth-order valence-corrected chi connectivity index (χ4v) is 2.30. The lowest BCUT2D eigenvalue weighted by molar-refractivity contribution is -0.116. The molecule has 1 aromatic carbocycles. The molecule has 3 rings (SSSR count). The molecule has 106 valence electrons.